The van der Waals surface area contributed by atoms with Gasteiger partial charge in [0.2, 0.25) is 5.91 Å². The highest BCUT2D eigenvalue weighted by atomic mass is 16.1. The van der Waals surface area contributed by atoms with Gasteiger partial charge >= 0.3 is 0 Å². The molecule has 0 bridgehead atoms. The van der Waals surface area contributed by atoms with Crippen molar-refractivity contribution in [1.82, 2.24) is 10.2 Å². The third-order valence-electron chi connectivity index (χ3n) is 4.39. The quantitative estimate of drug-likeness (QED) is 0.863. The van der Waals surface area contributed by atoms with Gasteiger partial charge in [0.15, 0.2) is 0 Å². The number of carbonyl (C=O) groups is 1. The van der Waals surface area contributed by atoms with Gasteiger partial charge in [0.05, 0.1) is 0 Å². The molecular formula is C17H27N3O. The summed E-state index contributed by atoms with van der Waals surface area (Å²) >= 11 is 0. The number of carbonyl (C=O) groups excluding carboxylic acids is 1. The Kier molecular flexibility index (Phi) is 5.01. The molecule has 0 radical (unpaired) electrons. The molecule has 3 N–H and O–H groups in total. The van der Waals surface area contributed by atoms with E-state index in [1.54, 1.807) is 0 Å². The summed E-state index contributed by atoms with van der Waals surface area (Å²) in [7, 11) is 0. The van der Waals surface area contributed by atoms with Crippen molar-refractivity contribution < 1.29 is 4.79 Å². The van der Waals surface area contributed by atoms with Crippen LogP contribution >= 0.6 is 0 Å². The lowest BCUT2D eigenvalue weighted by atomic mass is 9.87. The first-order chi connectivity index (χ1) is 9.94. The number of amides is 1. The van der Waals surface area contributed by atoms with Crippen molar-refractivity contribution in [2.24, 2.45) is 11.7 Å². The van der Waals surface area contributed by atoms with Crippen LogP contribution in [0.4, 0.5) is 0 Å². The fourth-order valence-electron chi connectivity index (χ4n) is 3.03. The fraction of sp³-hybridized carbons (Fsp3) is 0.588. The summed E-state index contributed by atoms with van der Waals surface area (Å²) in [6.07, 6.45) is 1.06. The number of piperazine rings is 1. The number of benzene rings is 1. The lowest BCUT2D eigenvalue weighted by molar-refractivity contribution is -0.130. The monoisotopic (exact) mass is 289 g/mol. The van der Waals surface area contributed by atoms with Crippen LogP contribution in [-0.4, -0.2) is 37.0 Å². The molecule has 1 amide bonds. The summed E-state index contributed by atoms with van der Waals surface area (Å²) in [5.74, 6) is 0.354. The molecule has 1 aliphatic rings. The van der Waals surface area contributed by atoms with Crippen LogP contribution in [0.3, 0.4) is 0 Å². The Labute approximate surface area is 127 Å². The third kappa shape index (κ3) is 3.44. The smallest absolute Gasteiger partial charge is 0.242 e. The number of rotatable bonds is 5. The second kappa shape index (κ2) is 6.58. The van der Waals surface area contributed by atoms with E-state index in [0.29, 0.717) is 5.92 Å². The molecule has 116 valence electrons. The van der Waals surface area contributed by atoms with Crippen molar-refractivity contribution in [1.29, 1.82) is 0 Å². The van der Waals surface area contributed by atoms with Crippen LogP contribution in [0.2, 0.25) is 0 Å². The second-order valence-electron chi connectivity index (χ2n) is 6.47. The molecule has 4 heteroatoms. The Bertz CT molecular complexity index is 477. The van der Waals surface area contributed by atoms with E-state index in [1.165, 1.54) is 5.56 Å². The first-order valence-electron chi connectivity index (χ1n) is 7.79. The van der Waals surface area contributed by atoms with Crippen LogP contribution < -0.4 is 11.1 Å². The van der Waals surface area contributed by atoms with Gasteiger partial charge < -0.3 is 11.1 Å². The van der Waals surface area contributed by atoms with E-state index in [0.717, 1.165) is 38.2 Å². The molecule has 1 heterocycles. The van der Waals surface area contributed by atoms with E-state index in [4.69, 9.17) is 5.73 Å². The molecule has 1 saturated heterocycles. The predicted molar refractivity (Wildman–Crippen MR) is 86.0 cm³/mol. The largest absolute Gasteiger partial charge is 0.368 e. The van der Waals surface area contributed by atoms with Crippen LogP contribution in [0, 0.1) is 5.92 Å². The first-order valence-corrected chi connectivity index (χ1v) is 7.79. The molecule has 0 saturated carbocycles. The summed E-state index contributed by atoms with van der Waals surface area (Å²) in [6.45, 7) is 9.84. The minimum Gasteiger partial charge on any atom is -0.368 e. The second-order valence-corrected chi connectivity index (χ2v) is 6.47. The highest BCUT2D eigenvalue weighted by Crippen LogP contribution is 2.29. The van der Waals surface area contributed by atoms with Gasteiger partial charge in [-0.05, 0) is 30.4 Å². The summed E-state index contributed by atoms with van der Waals surface area (Å²) in [6, 6.07) is 8.37. The Morgan fingerprint density at radius 1 is 1.29 bits per heavy atom. The maximum absolute atomic E-state index is 12.1. The van der Waals surface area contributed by atoms with Gasteiger partial charge in [-0.2, -0.15) is 0 Å². The van der Waals surface area contributed by atoms with Gasteiger partial charge in [0, 0.05) is 26.2 Å². The van der Waals surface area contributed by atoms with Crippen LogP contribution in [0.5, 0.6) is 0 Å². The number of nitrogens with zero attached hydrogens (tertiary/aromatic N) is 1. The van der Waals surface area contributed by atoms with Crippen LogP contribution in [0.15, 0.2) is 24.3 Å². The van der Waals surface area contributed by atoms with E-state index in [9.17, 15) is 4.79 Å². The van der Waals surface area contributed by atoms with E-state index in [1.807, 2.05) is 6.92 Å². The zero-order chi connectivity index (χ0) is 15.5. The number of nitrogens with one attached hydrogen (secondary N) is 1. The third-order valence-corrected chi connectivity index (χ3v) is 4.39. The minimum absolute atomic E-state index is 0.277. The van der Waals surface area contributed by atoms with Crippen molar-refractivity contribution in [3.05, 3.63) is 35.4 Å². The van der Waals surface area contributed by atoms with Crippen molar-refractivity contribution in [2.75, 3.05) is 26.2 Å². The summed E-state index contributed by atoms with van der Waals surface area (Å²) in [5.41, 5.74) is 7.32. The van der Waals surface area contributed by atoms with Gasteiger partial charge in [-0.25, -0.2) is 0 Å². The Balaban J connectivity index is 2.27. The number of hydrogen-bond acceptors (Lipinski definition) is 3. The molecule has 21 heavy (non-hydrogen) atoms. The minimum atomic E-state index is -0.724. The molecule has 1 fully saturated rings. The highest BCUT2D eigenvalue weighted by molar-refractivity contribution is 5.85. The van der Waals surface area contributed by atoms with Gasteiger partial charge in [-0.1, -0.05) is 38.1 Å². The van der Waals surface area contributed by atoms with Gasteiger partial charge in [0.1, 0.15) is 5.54 Å². The van der Waals surface area contributed by atoms with Crippen LogP contribution in [-0.2, 0) is 16.8 Å². The molecule has 4 nitrogen and oxygen atoms in total. The van der Waals surface area contributed by atoms with Crippen LogP contribution in [0.1, 0.15) is 31.9 Å². The SMILES string of the molecule is CC(C)Cc1ccc(C(C)(C(N)=O)N2CCNCC2)cc1. The maximum atomic E-state index is 12.1. The highest BCUT2D eigenvalue weighted by Gasteiger charge is 2.39. The average molecular weight is 289 g/mol. The van der Waals surface area contributed by atoms with Crippen molar-refractivity contribution in [3.63, 3.8) is 0 Å². The number of primary amides is 1. The van der Waals surface area contributed by atoms with E-state index in [2.05, 4.69) is 48.3 Å². The Morgan fingerprint density at radius 3 is 2.33 bits per heavy atom. The predicted octanol–water partition coefficient (Wildman–Crippen LogP) is 1.49. The van der Waals surface area contributed by atoms with Crippen molar-refractivity contribution >= 4 is 5.91 Å². The topological polar surface area (TPSA) is 58.4 Å². The molecule has 2 rings (SSSR count). The summed E-state index contributed by atoms with van der Waals surface area (Å²) in [4.78, 5) is 14.3. The number of nitrogens with two attached hydrogens (primary N) is 1. The van der Waals surface area contributed by atoms with Crippen LogP contribution in [0.25, 0.3) is 0 Å². The molecule has 0 spiro atoms. The molecule has 1 aliphatic heterocycles. The van der Waals surface area contributed by atoms with Gasteiger partial charge in [-0.15, -0.1) is 0 Å². The first kappa shape index (κ1) is 16.0. The van der Waals surface area contributed by atoms with E-state index >= 15 is 0 Å². The van der Waals surface area contributed by atoms with Gasteiger partial charge in [0.25, 0.3) is 0 Å². The molecule has 1 unspecified atom stereocenters. The fourth-order valence-corrected chi connectivity index (χ4v) is 3.03. The normalized spacial score (nSPS) is 19.4. The lowest BCUT2D eigenvalue weighted by Crippen LogP contribution is -2.58. The molecular weight excluding hydrogens is 262 g/mol. The van der Waals surface area contributed by atoms with E-state index in [-0.39, 0.29) is 5.91 Å². The van der Waals surface area contributed by atoms with E-state index < -0.39 is 5.54 Å². The Hall–Kier alpha value is -1.39. The maximum Gasteiger partial charge on any atom is 0.242 e. The molecule has 1 atom stereocenters. The van der Waals surface area contributed by atoms with Gasteiger partial charge in [-0.3, -0.25) is 9.69 Å². The summed E-state index contributed by atoms with van der Waals surface area (Å²) < 4.78 is 0. The Morgan fingerprint density at radius 2 is 1.86 bits per heavy atom. The average Bonchev–Trinajstić information content (AvgIpc) is 2.47. The molecule has 1 aromatic carbocycles. The number of hydrogen-bond donors (Lipinski definition) is 2. The zero-order valence-corrected chi connectivity index (χ0v) is 13.4. The lowest BCUT2D eigenvalue weighted by Gasteiger charge is -2.41. The van der Waals surface area contributed by atoms with Crippen molar-refractivity contribution in [3.8, 4) is 0 Å². The molecule has 0 aromatic heterocycles. The standard InChI is InChI=1S/C17H27N3O/c1-13(2)12-14-4-6-15(7-5-14)17(3,16(18)21)20-10-8-19-9-11-20/h4-7,13,19H,8-12H2,1-3H3,(H2,18,21). The van der Waals surface area contributed by atoms with Crippen molar-refractivity contribution in [2.45, 2.75) is 32.7 Å². The molecule has 1 aromatic rings. The zero-order valence-electron chi connectivity index (χ0n) is 13.4. The molecule has 0 aliphatic carbocycles. The summed E-state index contributed by atoms with van der Waals surface area (Å²) in [5, 5.41) is 3.31.